The first kappa shape index (κ1) is 21.2. The van der Waals surface area contributed by atoms with Crippen molar-refractivity contribution < 1.29 is 9.59 Å². The van der Waals surface area contributed by atoms with Gasteiger partial charge in [-0.05, 0) is 48.7 Å². The molecule has 3 heterocycles. The number of aromatic nitrogens is 4. The molecule has 0 saturated heterocycles. The zero-order valence-electron chi connectivity index (χ0n) is 18.7. The second-order valence-electron chi connectivity index (χ2n) is 8.15. The van der Waals surface area contributed by atoms with Gasteiger partial charge in [0.25, 0.3) is 11.8 Å². The van der Waals surface area contributed by atoms with Crippen molar-refractivity contribution in [1.29, 1.82) is 0 Å². The Morgan fingerprint density at radius 3 is 2.62 bits per heavy atom. The van der Waals surface area contributed by atoms with Gasteiger partial charge in [-0.15, -0.1) is 0 Å². The molecule has 0 radical (unpaired) electrons. The minimum Gasteiger partial charge on any atom is -0.346 e. The van der Waals surface area contributed by atoms with Crippen LogP contribution in [-0.2, 0) is 18.3 Å². The lowest BCUT2D eigenvalue weighted by Crippen LogP contribution is -2.16. The van der Waals surface area contributed by atoms with E-state index in [4.69, 9.17) is 0 Å². The molecule has 0 atom stereocenters. The average Bonchev–Trinajstić information content (AvgIpc) is 3.52. The van der Waals surface area contributed by atoms with Crippen molar-refractivity contribution in [2.75, 3.05) is 16.0 Å². The van der Waals surface area contributed by atoms with Crippen LogP contribution in [0.3, 0.4) is 0 Å². The molecule has 0 unspecified atom stereocenters. The van der Waals surface area contributed by atoms with Crippen molar-refractivity contribution >= 4 is 34.6 Å². The standard InChI is InChI=1S/C25H23N7O2/c1-15-11-22(31-30-15)27-14-20-19-13-17(5-8-21(19)29-24(20)33)12-16-3-6-18(7-4-16)28-25(34)23-26-9-10-32(23)2/h3-11,13-14H,12H2,1-2H3,(H,28,34)(H,29,33)(H2,27,30,31)/b20-14-. The highest BCUT2D eigenvalue weighted by Crippen LogP contribution is 2.33. The van der Waals surface area contributed by atoms with Crippen LogP contribution in [0, 0.1) is 6.92 Å². The zero-order chi connectivity index (χ0) is 23.7. The predicted molar refractivity (Wildman–Crippen MR) is 130 cm³/mol. The van der Waals surface area contributed by atoms with Crippen LogP contribution >= 0.6 is 0 Å². The number of hydrogen-bond donors (Lipinski definition) is 4. The third-order valence-electron chi connectivity index (χ3n) is 5.59. The number of carbonyl (C=O) groups excluding carboxylic acids is 2. The largest absolute Gasteiger partial charge is 0.346 e. The monoisotopic (exact) mass is 453 g/mol. The highest BCUT2D eigenvalue weighted by Gasteiger charge is 2.24. The number of H-pyrrole nitrogens is 1. The van der Waals surface area contributed by atoms with Gasteiger partial charge in [0.1, 0.15) is 5.82 Å². The van der Waals surface area contributed by atoms with Gasteiger partial charge in [-0.3, -0.25) is 14.7 Å². The van der Waals surface area contributed by atoms with E-state index in [0.717, 1.165) is 33.9 Å². The fraction of sp³-hybridized carbons (Fsp3) is 0.120. The van der Waals surface area contributed by atoms with E-state index in [1.54, 1.807) is 30.2 Å². The Balaban J connectivity index is 1.29. The number of benzene rings is 2. The number of rotatable bonds is 6. The minimum atomic E-state index is -0.255. The molecular formula is C25H23N7O2. The molecule has 0 saturated carbocycles. The normalized spacial score (nSPS) is 13.6. The minimum absolute atomic E-state index is 0.149. The number of fused-ring (bicyclic) bond motifs is 1. The van der Waals surface area contributed by atoms with E-state index in [9.17, 15) is 9.59 Å². The molecule has 0 fully saturated rings. The molecule has 4 N–H and O–H groups in total. The number of aromatic amines is 1. The van der Waals surface area contributed by atoms with Crippen LogP contribution in [0.5, 0.6) is 0 Å². The van der Waals surface area contributed by atoms with E-state index >= 15 is 0 Å². The Labute approximate surface area is 195 Å². The molecule has 0 spiro atoms. The van der Waals surface area contributed by atoms with E-state index in [2.05, 4.69) is 31.1 Å². The Hall–Kier alpha value is -4.66. The molecule has 1 aliphatic heterocycles. The van der Waals surface area contributed by atoms with Gasteiger partial charge in [-0.2, -0.15) is 5.10 Å². The van der Waals surface area contributed by atoms with Crippen molar-refractivity contribution in [2.24, 2.45) is 7.05 Å². The zero-order valence-corrected chi connectivity index (χ0v) is 18.7. The van der Waals surface area contributed by atoms with Crippen LogP contribution in [0.1, 0.15) is 33.0 Å². The van der Waals surface area contributed by atoms with Gasteiger partial charge in [0.2, 0.25) is 0 Å². The SMILES string of the molecule is Cc1cc(N/C=C2\C(=O)Nc3ccc(Cc4ccc(NC(=O)c5nccn5C)cc4)cc32)[nH]n1. The van der Waals surface area contributed by atoms with E-state index < -0.39 is 0 Å². The first-order valence-electron chi connectivity index (χ1n) is 10.8. The molecule has 9 nitrogen and oxygen atoms in total. The number of imidazole rings is 1. The predicted octanol–water partition coefficient (Wildman–Crippen LogP) is 3.70. The van der Waals surface area contributed by atoms with Crippen LogP contribution in [0.15, 0.2) is 67.1 Å². The van der Waals surface area contributed by atoms with Gasteiger partial charge in [-0.1, -0.05) is 18.2 Å². The van der Waals surface area contributed by atoms with Crippen molar-refractivity contribution in [2.45, 2.75) is 13.3 Å². The van der Waals surface area contributed by atoms with Gasteiger partial charge in [0.05, 0.1) is 11.3 Å². The summed E-state index contributed by atoms with van der Waals surface area (Å²) in [5, 5.41) is 15.8. The van der Waals surface area contributed by atoms with Crippen LogP contribution in [-0.4, -0.2) is 31.6 Å². The summed E-state index contributed by atoms with van der Waals surface area (Å²) >= 11 is 0. The van der Waals surface area contributed by atoms with Gasteiger partial charge in [0.15, 0.2) is 5.82 Å². The number of aryl methyl sites for hydroxylation is 2. The van der Waals surface area contributed by atoms with Crippen LogP contribution in [0.25, 0.3) is 5.57 Å². The number of carbonyl (C=O) groups is 2. The first-order valence-corrected chi connectivity index (χ1v) is 10.8. The molecule has 2 amide bonds. The highest BCUT2D eigenvalue weighted by atomic mass is 16.2. The highest BCUT2D eigenvalue weighted by molar-refractivity contribution is 6.31. The maximum Gasteiger partial charge on any atom is 0.291 e. The summed E-state index contributed by atoms with van der Waals surface area (Å²) in [6.45, 7) is 1.89. The van der Waals surface area contributed by atoms with Crippen LogP contribution < -0.4 is 16.0 Å². The number of anilines is 3. The molecule has 170 valence electrons. The summed E-state index contributed by atoms with van der Waals surface area (Å²) in [6.07, 6.45) is 5.70. The quantitative estimate of drug-likeness (QED) is 0.332. The summed E-state index contributed by atoms with van der Waals surface area (Å²) in [7, 11) is 1.78. The lowest BCUT2D eigenvalue weighted by molar-refractivity contribution is -0.110. The van der Waals surface area contributed by atoms with Crippen molar-refractivity contribution in [3.05, 3.63) is 95.3 Å². The summed E-state index contributed by atoms with van der Waals surface area (Å²) in [4.78, 5) is 28.9. The summed E-state index contributed by atoms with van der Waals surface area (Å²) in [5.74, 6) is 0.668. The third-order valence-corrected chi connectivity index (χ3v) is 5.59. The van der Waals surface area contributed by atoms with Gasteiger partial charge < -0.3 is 20.5 Å². The lowest BCUT2D eigenvalue weighted by atomic mass is 9.99. The van der Waals surface area contributed by atoms with E-state index in [0.29, 0.717) is 23.5 Å². The number of amides is 2. The summed E-state index contributed by atoms with van der Waals surface area (Å²) in [5.41, 5.74) is 5.93. The molecule has 5 rings (SSSR count). The third kappa shape index (κ3) is 4.31. The Bertz CT molecular complexity index is 1410. The van der Waals surface area contributed by atoms with Gasteiger partial charge >= 0.3 is 0 Å². The number of hydrogen-bond acceptors (Lipinski definition) is 5. The first-order chi connectivity index (χ1) is 16.5. The fourth-order valence-electron chi connectivity index (χ4n) is 3.85. The fourth-order valence-corrected chi connectivity index (χ4v) is 3.85. The lowest BCUT2D eigenvalue weighted by Gasteiger charge is -2.08. The topological polar surface area (TPSA) is 117 Å². The molecular weight excluding hydrogens is 430 g/mol. The van der Waals surface area contributed by atoms with Crippen LogP contribution in [0.4, 0.5) is 17.2 Å². The van der Waals surface area contributed by atoms with Crippen LogP contribution in [0.2, 0.25) is 0 Å². The maximum absolute atomic E-state index is 12.5. The number of nitrogens with zero attached hydrogens (tertiary/aromatic N) is 3. The van der Waals surface area contributed by atoms with Crippen molar-refractivity contribution in [3.63, 3.8) is 0 Å². The molecule has 1 aliphatic rings. The number of nitrogens with one attached hydrogen (secondary N) is 4. The second-order valence-corrected chi connectivity index (χ2v) is 8.15. The molecule has 9 heteroatoms. The molecule has 0 aliphatic carbocycles. The summed E-state index contributed by atoms with van der Waals surface area (Å²) < 4.78 is 1.67. The van der Waals surface area contributed by atoms with E-state index in [-0.39, 0.29) is 11.8 Å². The van der Waals surface area contributed by atoms with Gasteiger partial charge in [0, 0.05) is 48.6 Å². The Morgan fingerprint density at radius 1 is 1.12 bits per heavy atom. The molecule has 2 aromatic heterocycles. The Kier molecular flexibility index (Phi) is 5.43. The maximum atomic E-state index is 12.5. The smallest absolute Gasteiger partial charge is 0.291 e. The Morgan fingerprint density at radius 2 is 1.91 bits per heavy atom. The van der Waals surface area contributed by atoms with E-state index in [1.807, 2.05) is 55.5 Å². The summed E-state index contributed by atoms with van der Waals surface area (Å²) in [6, 6.07) is 15.5. The molecule has 34 heavy (non-hydrogen) atoms. The van der Waals surface area contributed by atoms with Gasteiger partial charge in [-0.25, -0.2) is 4.98 Å². The van der Waals surface area contributed by atoms with Crippen molar-refractivity contribution in [1.82, 2.24) is 19.7 Å². The van der Waals surface area contributed by atoms with Crippen molar-refractivity contribution in [3.8, 4) is 0 Å². The molecule has 2 aromatic carbocycles. The molecule has 4 aromatic rings. The average molecular weight is 454 g/mol. The molecule has 0 bridgehead atoms. The van der Waals surface area contributed by atoms with E-state index in [1.165, 1.54) is 0 Å². The second kappa shape index (κ2) is 8.70.